The molecule has 6 nitrogen and oxygen atoms in total. The normalized spacial score (nSPS) is 13.0. The summed E-state index contributed by atoms with van der Waals surface area (Å²) in [4.78, 5) is 37.9. The monoisotopic (exact) mass is 887 g/mol. The van der Waals surface area contributed by atoms with Gasteiger partial charge < -0.3 is 14.2 Å². The Hall–Kier alpha value is -3.93. The van der Waals surface area contributed by atoms with E-state index < -0.39 is 6.10 Å². The summed E-state index contributed by atoms with van der Waals surface area (Å²) in [6, 6.07) is 0. The first kappa shape index (κ1) is 60.1. The number of esters is 3. The number of hydrogen-bond donors (Lipinski definition) is 0. The fraction of sp³-hybridized carbons (Fsp3) is 0.638. The lowest BCUT2D eigenvalue weighted by molar-refractivity contribution is -0.167. The number of ether oxygens (including phenoxy) is 3. The molecule has 1 unspecified atom stereocenters. The van der Waals surface area contributed by atoms with E-state index in [4.69, 9.17) is 14.2 Å². The van der Waals surface area contributed by atoms with Crippen LogP contribution in [0.2, 0.25) is 0 Å². The fourth-order valence-corrected chi connectivity index (χ4v) is 6.78. The van der Waals surface area contributed by atoms with Crippen molar-refractivity contribution in [2.45, 2.75) is 226 Å². The van der Waals surface area contributed by atoms with Gasteiger partial charge in [0.15, 0.2) is 6.10 Å². The van der Waals surface area contributed by atoms with Crippen molar-refractivity contribution in [3.63, 3.8) is 0 Å². The number of unbranched alkanes of at least 4 members (excludes halogenated alkanes) is 22. The van der Waals surface area contributed by atoms with E-state index in [-0.39, 0.29) is 31.1 Å². The predicted molar refractivity (Wildman–Crippen MR) is 274 cm³/mol. The molecule has 1 atom stereocenters. The van der Waals surface area contributed by atoms with E-state index in [1.54, 1.807) is 0 Å². The smallest absolute Gasteiger partial charge is 0.306 e. The number of rotatable bonds is 45. The molecular weight excluding hydrogens is 793 g/mol. The zero-order valence-electron chi connectivity index (χ0n) is 41.3. The van der Waals surface area contributed by atoms with Crippen molar-refractivity contribution < 1.29 is 28.6 Å². The SMILES string of the molecule is CC\C=C/C=C\C=C/C=C\C=C\C=C/C=C\CCCCCC(=O)OCC(COC(=O)CCC/C=C\CCCCCC)OC(=O)CCCCCCC/C=C\CCCCCCCCCCC. The van der Waals surface area contributed by atoms with Gasteiger partial charge in [0.2, 0.25) is 0 Å². The molecule has 0 spiro atoms. The highest BCUT2D eigenvalue weighted by atomic mass is 16.6. The van der Waals surface area contributed by atoms with Crippen molar-refractivity contribution in [3.05, 3.63) is 109 Å². The minimum atomic E-state index is -0.813. The van der Waals surface area contributed by atoms with Gasteiger partial charge in [-0.25, -0.2) is 0 Å². The molecule has 0 bridgehead atoms. The summed E-state index contributed by atoms with van der Waals surface area (Å²) in [5.41, 5.74) is 0. The van der Waals surface area contributed by atoms with Crippen molar-refractivity contribution in [3.8, 4) is 0 Å². The van der Waals surface area contributed by atoms with E-state index in [1.165, 1.54) is 96.3 Å². The zero-order valence-corrected chi connectivity index (χ0v) is 41.3. The Balaban J connectivity index is 4.47. The van der Waals surface area contributed by atoms with Crippen LogP contribution >= 0.6 is 0 Å². The average molecular weight is 887 g/mol. The molecule has 0 saturated carbocycles. The van der Waals surface area contributed by atoms with Crippen LogP contribution in [0.15, 0.2) is 109 Å². The van der Waals surface area contributed by atoms with Crippen molar-refractivity contribution in [2.24, 2.45) is 0 Å². The van der Waals surface area contributed by atoms with Gasteiger partial charge in [0.1, 0.15) is 13.2 Å². The van der Waals surface area contributed by atoms with Crippen molar-refractivity contribution >= 4 is 17.9 Å². The van der Waals surface area contributed by atoms with Gasteiger partial charge in [-0.05, 0) is 83.5 Å². The third kappa shape index (κ3) is 49.1. The number of carbonyl (C=O) groups is 3. The molecule has 0 aliphatic carbocycles. The first-order valence-electron chi connectivity index (χ1n) is 26.0. The molecular formula is C58H94O6. The van der Waals surface area contributed by atoms with Crippen molar-refractivity contribution in [2.75, 3.05) is 13.2 Å². The van der Waals surface area contributed by atoms with Crippen LogP contribution in [0.5, 0.6) is 0 Å². The van der Waals surface area contributed by atoms with Gasteiger partial charge in [0, 0.05) is 19.3 Å². The van der Waals surface area contributed by atoms with Gasteiger partial charge in [-0.2, -0.15) is 0 Å². The fourth-order valence-electron chi connectivity index (χ4n) is 6.78. The topological polar surface area (TPSA) is 78.9 Å². The van der Waals surface area contributed by atoms with Crippen LogP contribution in [-0.4, -0.2) is 37.2 Å². The number of carbonyl (C=O) groups excluding carboxylic acids is 3. The van der Waals surface area contributed by atoms with Crippen LogP contribution in [0.1, 0.15) is 220 Å². The van der Waals surface area contributed by atoms with Crippen LogP contribution in [0, 0.1) is 0 Å². The Morgan fingerprint density at radius 2 is 0.641 bits per heavy atom. The summed E-state index contributed by atoms with van der Waals surface area (Å²) < 4.78 is 16.7. The van der Waals surface area contributed by atoms with Crippen LogP contribution in [0.25, 0.3) is 0 Å². The van der Waals surface area contributed by atoms with Crippen molar-refractivity contribution in [1.82, 2.24) is 0 Å². The molecule has 0 aromatic rings. The molecule has 0 saturated heterocycles. The number of allylic oxidation sites excluding steroid dienone is 18. The largest absolute Gasteiger partial charge is 0.462 e. The summed E-state index contributed by atoms with van der Waals surface area (Å²) in [7, 11) is 0. The lowest BCUT2D eigenvalue weighted by atomic mass is 10.1. The number of hydrogen-bond acceptors (Lipinski definition) is 6. The average Bonchev–Trinajstić information content (AvgIpc) is 3.29. The highest BCUT2D eigenvalue weighted by molar-refractivity contribution is 5.71. The molecule has 64 heavy (non-hydrogen) atoms. The first-order valence-corrected chi connectivity index (χ1v) is 26.0. The molecule has 6 heteroatoms. The maximum atomic E-state index is 12.8. The Kier molecular flexibility index (Phi) is 48.5. The van der Waals surface area contributed by atoms with Crippen molar-refractivity contribution in [1.29, 1.82) is 0 Å². The van der Waals surface area contributed by atoms with Crippen LogP contribution in [0.3, 0.4) is 0 Å². The van der Waals surface area contributed by atoms with Gasteiger partial charge in [0.05, 0.1) is 0 Å². The Labute approximate surface area is 393 Å². The molecule has 0 aliphatic rings. The van der Waals surface area contributed by atoms with E-state index in [0.29, 0.717) is 25.7 Å². The summed E-state index contributed by atoms with van der Waals surface area (Å²) in [5, 5.41) is 0. The van der Waals surface area contributed by atoms with E-state index >= 15 is 0 Å². The lowest BCUT2D eigenvalue weighted by Gasteiger charge is -2.18. The van der Waals surface area contributed by atoms with Gasteiger partial charge in [0.25, 0.3) is 0 Å². The predicted octanol–water partition coefficient (Wildman–Crippen LogP) is 17.1. The minimum absolute atomic E-state index is 0.113. The van der Waals surface area contributed by atoms with E-state index in [0.717, 1.165) is 77.0 Å². The van der Waals surface area contributed by atoms with Gasteiger partial charge >= 0.3 is 17.9 Å². The molecule has 0 amide bonds. The quantitative estimate of drug-likeness (QED) is 0.0199. The summed E-state index contributed by atoms with van der Waals surface area (Å²) >= 11 is 0. The maximum absolute atomic E-state index is 12.8. The highest BCUT2D eigenvalue weighted by Gasteiger charge is 2.19. The second-order valence-corrected chi connectivity index (χ2v) is 16.9. The molecule has 0 N–H and O–H groups in total. The molecule has 0 aliphatic heterocycles. The lowest BCUT2D eigenvalue weighted by Crippen LogP contribution is -2.30. The second kappa shape index (κ2) is 51.7. The molecule has 0 aromatic heterocycles. The third-order valence-electron chi connectivity index (χ3n) is 10.7. The summed E-state index contributed by atoms with van der Waals surface area (Å²) in [6.07, 6.45) is 69.4. The molecule has 0 radical (unpaired) electrons. The van der Waals surface area contributed by atoms with E-state index in [1.807, 2.05) is 72.9 Å². The zero-order chi connectivity index (χ0) is 46.5. The standard InChI is InChI=1S/C58H94O6/c1-4-7-10-13-16-19-21-23-25-27-29-31-32-34-36-39-42-45-48-51-57(60)63-54-55(53-62-56(59)50-47-44-41-38-18-15-12-9-6-3)64-58(61)52-49-46-43-40-37-35-33-30-28-26-24-22-20-17-14-11-8-5-2/h7,10,13,16,19,21,23,25,27,29-34,36,38,41,55H,4-6,8-9,11-12,14-15,17-18,20,22,24,26,28,35,37,39-40,42-54H2,1-3H3/b10-7-,16-13-,21-19-,25-23-,29-27+,32-31-,33-30-,36-34-,41-38-. The molecule has 0 fully saturated rings. The summed E-state index contributed by atoms with van der Waals surface area (Å²) in [5.74, 6) is -1.01. The Bertz CT molecular complexity index is 1340. The van der Waals surface area contributed by atoms with Crippen LogP contribution in [0.4, 0.5) is 0 Å². The van der Waals surface area contributed by atoms with Gasteiger partial charge in [-0.15, -0.1) is 0 Å². The van der Waals surface area contributed by atoms with E-state index in [9.17, 15) is 14.4 Å². The van der Waals surface area contributed by atoms with Gasteiger partial charge in [-0.3, -0.25) is 14.4 Å². The van der Waals surface area contributed by atoms with Crippen LogP contribution in [-0.2, 0) is 28.6 Å². The van der Waals surface area contributed by atoms with Gasteiger partial charge in [-0.1, -0.05) is 226 Å². The third-order valence-corrected chi connectivity index (χ3v) is 10.7. The Morgan fingerprint density at radius 3 is 1.09 bits per heavy atom. The minimum Gasteiger partial charge on any atom is -0.462 e. The van der Waals surface area contributed by atoms with Crippen LogP contribution < -0.4 is 0 Å². The molecule has 0 aromatic carbocycles. The first-order chi connectivity index (χ1) is 31.5. The van der Waals surface area contributed by atoms with E-state index in [2.05, 4.69) is 57.2 Å². The molecule has 0 heterocycles. The second-order valence-electron chi connectivity index (χ2n) is 16.9. The highest BCUT2D eigenvalue weighted by Crippen LogP contribution is 2.13. The maximum Gasteiger partial charge on any atom is 0.306 e. The molecule has 362 valence electrons. The Morgan fingerprint density at radius 1 is 0.328 bits per heavy atom. The molecule has 0 rings (SSSR count). The summed E-state index contributed by atoms with van der Waals surface area (Å²) in [6.45, 7) is 6.37.